The molecule has 0 aliphatic carbocycles. The second-order valence-electron chi connectivity index (χ2n) is 7.85. The quantitative estimate of drug-likeness (QED) is 0.456. The molecule has 0 aliphatic rings. The third-order valence-corrected chi connectivity index (χ3v) is 5.15. The van der Waals surface area contributed by atoms with Crippen LogP contribution >= 0.6 is 0 Å². The highest BCUT2D eigenvalue weighted by atomic mass is 16.5. The molecule has 31 heavy (non-hydrogen) atoms. The molecule has 1 N–H and O–H groups in total. The van der Waals surface area contributed by atoms with Crippen molar-refractivity contribution in [2.75, 3.05) is 5.32 Å². The second kappa shape index (κ2) is 9.08. The number of nitrogens with zero attached hydrogens (tertiary/aromatic N) is 1. The molecule has 1 atom stereocenters. The Hall–Kier alpha value is -3.54. The summed E-state index contributed by atoms with van der Waals surface area (Å²) in [6, 6.07) is 14.1. The predicted octanol–water partition coefficient (Wildman–Crippen LogP) is 4.87. The van der Waals surface area contributed by atoms with E-state index in [0.29, 0.717) is 22.5 Å². The lowest BCUT2D eigenvalue weighted by atomic mass is 10.0. The molecule has 6 heteroatoms. The molecule has 0 fully saturated rings. The van der Waals surface area contributed by atoms with E-state index in [-0.39, 0.29) is 17.6 Å². The summed E-state index contributed by atoms with van der Waals surface area (Å²) < 4.78 is 5.49. The van der Waals surface area contributed by atoms with Gasteiger partial charge in [0.2, 0.25) is 11.7 Å². The topological polar surface area (TPSA) is 85.4 Å². The standard InChI is InChI=1S/C25H26N2O4/c1-14(2)24(29)27-19-12-10-18(11-13-19)23(28)17(5)31-25(30)22-15(3)20-8-6-7-9-21(20)26-16(22)4/h6-14,17H,1-5H3,(H,27,29)/t17-/m0/s1. The van der Waals surface area contributed by atoms with Crippen molar-refractivity contribution >= 4 is 34.3 Å². The average Bonchev–Trinajstić information content (AvgIpc) is 2.73. The number of benzene rings is 2. The van der Waals surface area contributed by atoms with Gasteiger partial charge in [-0.25, -0.2) is 4.79 Å². The lowest BCUT2D eigenvalue weighted by Crippen LogP contribution is -2.25. The van der Waals surface area contributed by atoms with E-state index in [2.05, 4.69) is 10.3 Å². The van der Waals surface area contributed by atoms with Crippen LogP contribution in [0, 0.1) is 19.8 Å². The maximum Gasteiger partial charge on any atom is 0.340 e. The van der Waals surface area contributed by atoms with Crippen LogP contribution in [0.2, 0.25) is 0 Å². The van der Waals surface area contributed by atoms with E-state index < -0.39 is 12.1 Å². The van der Waals surface area contributed by atoms with Gasteiger partial charge in [-0.1, -0.05) is 32.0 Å². The average molecular weight is 418 g/mol. The van der Waals surface area contributed by atoms with Crippen LogP contribution in [0.4, 0.5) is 5.69 Å². The summed E-state index contributed by atoms with van der Waals surface area (Å²) in [5.74, 6) is -1.14. The number of anilines is 1. The fourth-order valence-electron chi connectivity index (χ4n) is 3.34. The van der Waals surface area contributed by atoms with Gasteiger partial charge in [-0.15, -0.1) is 0 Å². The Balaban J connectivity index is 1.75. The van der Waals surface area contributed by atoms with Crippen LogP contribution in [0.1, 0.15) is 52.7 Å². The Morgan fingerprint density at radius 3 is 2.23 bits per heavy atom. The monoisotopic (exact) mass is 418 g/mol. The van der Waals surface area contributed by atoms with Crippen LogP contribution in [-0.4, -0.2) is 28.7 Å². The molecule has 1 aromatic heterocycles. The number of ether oxygens (including phenoxy) is 1. The number of para-hydroxylation sites is 1. The largest absolute Gasteiger partial charge is 0.451 e. The summed E-state index contributed by atoms with van der Waals surface area (Å²) in [6.07, 6.45) is -0.964. The number of carbonyl (C=O) groups is 3. The van der Waals surface area contributed by atoms with Gasteiger partial charge < -0.3 is 10.1 Å². The van der Waals surface area contributed by atoms with Crippen molar-refractivity contribution in [3.05, 3.63) is 70.9 Å². The number of hydrogen-bond acceptors (Lipinski definition) is 5. The van der Waals surface area contributed by atoms with Crippen molar-refractivity contribution < 1.29 is 19.1 Å². The highest BCUT2D eigenvalue weighted by Gasteiger charge is 2.24. The number of carbonyl (C=O) groups excluding carboxylic acids is 3. The van der Waals surface area contributed by atoms with Crippen molar-refractivity contribution in [1.29, 1.82) is 0 Å². The fourth-order valence-corrected chi connectivity index (χ4v) is 3.34. The summed E-state index contributed by atoms with van der Waals surface area (Å²) in [4.78, 5) is 41.9. The van der Waals surface area contributed by atoms with Crippen LogP contribution in [0.5, 0.6) is 0 Å². The lowest BCUT2D eigenvalue weighted by molar-refractivity contribution is -0.118. The maximum atomic E-state index is 12.9. The van der Waals surface area contributed by atoms with Gasteiger partial charge in [-0.2, -0.15) is 0 Å². The van der Waals surface area contributed by atoms with Crippen LogP contribution in [0.3, 0.4) is 0 Å². The Bertz CT molecular complexity index is 1150. The van der Waals surface area contributed by atoms with Gasteiger partial charge in [0.15, 0.2) is 6.10 Å². The van der Waals surface area contributed by atoms with Crippen molar-refractivity contribution in [2.45, 2.75) is 40.7 Å². The van der Waals surface area contributed by atoms with E-state index in [4.69, 9.17) is 4.74 Å². The summed E-state index contributed by atoms with van der Waals surface area (Å²) in [7, 11) is 0. The fraction of sp³-hybridized carbons (Fsp3) is 0.280. The highest BCUT2D eigenvalue weighted by molar-refractivity contribution is 6.03. The Kier molecular flexibility index (Phi) is 6.49. The van der Waals surface area contributed by atoms with E-state index in [1.54, 1.807) is 52.0 Å². The molecule has 0 aliphatic heterocycles. The molecule has 0 radical (unpaired) electrons. The van der Waals surface area contributed by atoms with Crippen molar-refractivity contribution in [1.82, 2.24) is 4.98 Å². The number of ketones is 1. The van der Waals surface area contributed by atoms with E-state index >= 15 is 0 Å². The number of aryl methyl sites for hydroxylation is 2. The first-order chi connectivity index (χ1) is 14.7. The first kappa shape index (κ1) is 22.2. The molecule has 160 valence electrons. The smallest absolute Gasteiger partial charge is 0.340 e. The molecule has 3 rings (SSSR count). The number of nitrogens with one attached hydrogen (secondary N) is 1. The van der Waals surface area contributed by atoms with Crippen LogP contribution < -0.4 is 5.32 Å². The van der Waals surface area contributed by atoms with Crippen molar-refractivity contribution in [2.24, 2.45) is 5.92 Å². The first-order valence-electron chi connectivity index (χ1n) is 10.2. The molecule has 6 nitrogen and oxygen atoms in total. The van der Waals surface area contributed by atoms with E-state index in [0.717, 1.165) is 16.5 Å². The SMILES string of the molecule is Cc1nc2ccccc2c(C)c1C(=O)O[C@@H](C)C(=O)c1ccc(NC(=O)C(C)C)cc1. The van der Waals surface area contributed by atoms with Crippen LogP contribution in [0.15, 0.2) is 48.5 Å². The number of hydrogen-bond donors (Lipinski definition) is 1. The van der Waals surface area contributed by atoms with Gasteiger partial charge in [0.05, 0.1) is 16.8 Å². The Morgan fingerprint density at radius 1 is 0.935 bits per heavy atom. The molecule has 1 heterocycles. The zero-order chi connectivity index (χ0) is 22.7. The van der Waals surface area contributed by atoms with Gasteiger partial charge in [-0.05, 0) is 56.7 Å². The molecule has 0 spiro atoms. The summed E-state index contributed by atoms with van der Waals surface area (Å²) in [5.41, 5.74) is 3.53. The number of fused-ring (bicyclic) bond motifs is 1. The molecule has 0 bridgehead atoms. The lowest BCUT2D eigenvalue weighted by Gasteiger charge is -2.16. The van der Waals surface area contributed by atoms with E-state index in [9.17, 15) is 14.4 Å². The summed E-state index contributed by atoms with van der Waals surface area (Å²) in [6.45, 7) is 8.76. The number of amides is 1. The molecular weight excluding hydrogens is 392 g/mol. The third-order valence-electron chi connectivity index (χ3n) is 5.15. The normalized spacial score (nSPS) is 11.9. The molecule has 0 unspecified atom stereocenters. The van der Waals surface area contributed by atoms with Gasteiger partial charge in [0.1, 0.15) is 0 Å². The zero-order valence-corrected chi connectivity index (χ0v) is 18.4. The number of esters is 1. The summed E-state index contributed by atoms with van der Waals surface area (Å²) >= 11 is 0. The van der Waals surface area contributed by atoms with Gasteiger partial charge in [-0.3, -0.25) is 14.6 Å². The molecule has 2 aromatic carbocycles. The highest BCUT2D eigenvalue weighted by Crippen LogP contribution is 2.24. The minimum atomic E-state index is -0.964. The van der Waals surface area contributed by atoms with E-state index in [1.807, 2.05) is 31.2 Å². The van der Waals surface area contributed by atoms with Crippen molar-refractivity contribution in [3.63, 3.8) is 0 Å². The summed E-state index contributed by atoms with van der Waals surface area (Å²) in [5, 5.41) is 3.65. The number of Topliss-reactive ketones (excluding diaryl/α,β-unsaturated/α-hetero) is 1. The zero-order valence-electron chi connectivity index (χ0n) is 18.4. The van der Waals surface area contributed by atoms with E-state index in [1.165, 1.54) is 0 Å². The molecule has 0 saturated heterocycles. The third kappa shape index (κ3) is 4.79. The molecule has 1 amide bonds. The number of pyridine rings is 1. The first-order valence-corrected chi connectivity index (χ1v) is 10.2. The van der Waals surface area contributed by atoms with Crippen molar-refractivity contribution in [3.8, 4) is 0 Å². The maximum absolute atomic E-state index is 12.9. The number of rotatable bonds is 6. The molecular formula is C25H26N2O4. The van der Waals surface area contributed by atoms with Gasteiger partial charge in [0.25, 0.3) is 0 Å². The predicted molar refractivity (Wildman–Crippen MR) is 120 cm³/mol. The molecule has 3 aromatic rings. The number of aromatic nitrogens is 1. The van der Waals surface area contributed by atoms with Crippen LogP contribution in [-0.2, 0) is 9.53 Å². The minimum Gasteiger partial charge on any atom is -0.451 e. The van der Waals surface area contributed by atoms with Gasteiger partial charge >= 0.3 is 5.97 Å². The van der Waals surface area contributed by atoms with Crippen LogP contribution in [0.25, 0.3) is 10.9 Å². The van der Waals surface area contributed by atoms with Gasteiger partial charge in [0, 0.05) is 22.6 Å². The molecule has 0 saturated carbocycles. The second-order valence-corrected chi connectivity index (χ2v) is 7.85. The Labute approximate surface area is 181 Å². The minimum absolute atomic E-state index is 0.101. The Morgan fingerprint density at radius 2 is 1.58 bits per heavy atom.